The van der Waals surface area contributed by atoms with Gasteiger partial charge in [-0.25, -0.2) is 4.90 Å². The highest BCUT2D eigenvalue weighted by atomic mass is 32.2. The third-order valence-corrected chi connectivity index (χ3v) is 3.64. The Hall–Kier alpha value is -0.550. The molecule has 4 nitrogen and oxygen atoms in total. The third-order valence-electron chi connectivity index (χ3n) is 2.78. The SMILES string of the molecule is O=C1CSC(=O)N1C[NH+]1CCCCC1. The zero-order chi connectivity index (χ0) is 9.97. The highest BCUT2D eigenvalue weighted by Crippen LogP contribution is 2.16. The van der Waals surface area contributed by atoms with Gasteiger partial charge in [-0.1, -0.05) is 11.8 Å². The van der Waals surface area contributed by atoms with Crippen molar-refractivity contribution in [1.29, 1.82) is 0 Å². The Balaban J connectivity index is 1.89. The van der Waals surface area contributed by atoms with Crippen LogP contribution in [0.3, 0.4) is 0 Å². The molecular formula is C9H15N2O2S+. The van der Waals surface area contributed by atoms with Crippen LogP contribution in [0.1, 0.15) is 19.3 Å². The first-order chi connectivity index (χ1) is 6.77. The molecule has 78 valence electrons. The molecule has 0 bridgehead atoms. The average molecular weight is 215 g/mol. The molecule has 0 aromatic rings. The number of piperidine rings is 1. The van der Waals surface area contributed by atoms with E-state index < -0.39 is 0 Å². The summed E-state index contributed by atoms with van der Waals surface area (Å²) < 4.78 is 0. The van der Waals surface area contributed by atoms with Crippen LogP contribution < -0.4 is 4.90 Å². The fourth-order valence-corrected chi connectivity index (χ4v) is 2.69. The quantitative estimate of drug-likeness (QED) is 0.688. The Morgan fingerprint density at radius 3 is 2.50 bits per heavy atom. The highest BCUT2D eigenvalue weighted by Gasteiger charge is 2.33. The van der Waals surface area contributed by atoms with Crippen molar-refractivity contribution in [3.05, 3.63) is 0 Å². The molecule has 1 N–H and O–H groups in total. The van der Waals surface area contributed by atoms with Gasteiger partial charge in [0.25, 0.3) is 5.24 Å². The van der Waals surface area contributed by atoms with Crippen molar-refractivity contribution < 1.29 is 14.5 Å². The van der Waals surface area contributed by atoms with Gasteiger partial charge in [0.1, 0.15) is 0 Å². The second-order valence-corrected chi connectivity index (χ2v) is 4.77. The maximum Gasteiger partial charge on any atom is 0.293 e. The van der Waals surface area contributed by atoms with E-state index in [-0.39, 0.29) is 11.1 Å². The Morgan fingerprint density at radius 2 is 1.93 bits per heavy atom. The van der Waals surface area contributed by atoms with Crippen molar-refractivity contribution >= 4 is 22.9 Å². The molecule has 0 radical (unpaired) electrons. The van der Waals surface area contributed by atoms with Crippen molar-refractivity contribution in [2.24, 2.45) is 0 Å². The Kier molecular flexibility index (Phi) is 3.08. The van der Waals surface area contributed by atoms with Gasteiger partial charge >= 0.3 is 0 Å². The van der Waals surface area contributed by atoms with Gasteiger partial charge in [0.2, 0.25) is 5.91 Å². The molecule has 0 atom stereocenters. The Labute approximate surface area is 87.6 Å². The molecule has 2 fully saturated rings. The zero-order valence-electron chi connectivity index (χ0n) is 8.12. The van der Waals surface area contributed by atoms with Crippen LogP contribution >= 0.6 is 11.8 Å². The third kappa shape index (κ3) is 2.09. The molecule has 14 heavy (non-hydrogen) atoms. The molecule has 0 saturated carbocycles. The van der Waals surface area contributed by atoms with Crippen LogP contribution in [-0.4, -0.2) is 41.6 Å². The van der Waals surface area contributed by atoms with Crippen LogP contribution in [-0.2, 0) is 4.79 Å². The van der Waals surface area contributed by atoms with Gasteiger partial charge in [-0.2, -0.15) is 0 Å². The number of rotatable bonds is 2. The summed E-state index contributed by atoms with van der Waals surface area (Å²) >= 11 is 1.13. The lowest BCUT2D eigenvalue weighted by molar-refractivity contribution is -0.912. The maximum absolute atomic E-state index is 11.3. The number of quaternary nitrogens is 1. The van der Waals surface area contributed by atoms with Gasteiger partial charge in [0.15, 0.2) is 6.67 Å². The van der Waals surface area contributed by atoms with Crippen LogP contribution in [0, 0.1) is 0 Å². The standard InChI is InChI=1S/C9H14N2O2S/c12-8-6-14-9(13)11(8)7-10-4-2-1-3-5-10/h1-7H2/p+1. The lowest BCUT2D eigenvalue weighted by Crippen LogP contribution is -3.14. The number of imide groups is 1. The maximum atomic E-state index is 11.3. The van der Waals surface area contributed by atoms with Crippen LogP contribution in [0.5, 0.6) is 0 Å². The summed E-state index contributed by atoms with van der Waals surface area (Å²) in [5.41, 5.74) is 0. The first kappa shape index (κ1) is 9.98. The predicted octanol–water partition coefficient (Wildman–Crippen LogP) is -0.292. The molecule has 0 aromatic carbocycles. The molecule has 2 aliphatic heterocycles. The molecule has 2 amide bonds. The van der Waals surface area contributed by atoms with Crippen molar-refractivity contribution in [2.45, 2.75) is 19.3 Å². The predicted molar refractivity (Wildman–Crippen MR) is 54.1 cm³/mol. The van der Waals surface area contributed by atoms with Gasteiger partial charge in [-0.05, 0) is 19.3 Å². The minimum absolute atomic E-state index is 0.0157. The highest BCUT2D eigenvalue weighted by molar-refractivity contribution is 8.14. The minimum Gasteiger partial charge on any atom is -0.317 e. The first-order valence-corrected chi connectivity index (χ1v) is 6.06. The molecular weight excluding hydrogens is 200 g/mol. The number of amides is 2. The summed E-state index contributed by atoms with van der Waals surface area (Å²) in [6.45, 7) is 2.79. The summed E-state index contributed by atoms with van der Waals surface area (Å²) in [5, 5.41) is -0.0620. The average Bonchev–Trinajstić information content (AvgIpc) is 2.51. The van der Waals surface area contributed by atoms with Gasteiger partial charge in [-0.3, -0.25) is 9.59 Å². The summed E-state index contributed by atoms with van der Waals surface area (Å²) in [6.07, 6.45) is 3.73. The van der Waals surface area contributed by atoms with E-state index in [0.29, 0.717) is 12.4 Å². The topological polar surface area (TPSA) is 41.8 Å². The molecule has 2 heterocycles. The Bertz CT molecular complexity index is 235. The molecule has 2 aliphatic rings. The molecule has 0 spiro atoms. The fraction of sp³-hybridized carbons (Fsp3) is 0.778. The van der Waals surface area contributed by atoms with Crippen molar-refractivity contribution in [3.8, 4) is 0 Å². The smallest absolute Gasteiger partial charge is 0.293 e. The largest absolute Gasteiger partial charge is 0.317 e. The van der Waals surface area contributed by atoms with E-state index >= 15 is 0 Å². The van der Waals surface area contributed by atoms with Crippen LogP contribution in [0.25, 0.3) is 0 Å². The van der Waals surface area contributed by atoms with E-state index in [0.717, 1.165) is 24.9 Å². The number of thioether (sulfide) groups is 1. The van der Waals surface area contributed by atoms with Gasteiger partial charge in [-0.15, -0.1) is 0 Å². The van der Waals surface area contributed by atoms with Gasteiger partial charge in [0.05, 0.1) is 18.8 Å². The van der Waals surface area contributed by atoms with Crippen molar-refractivity contribution in [3.63, 3.8) is 0 Å². The second kappa shape index (κ2) is 4.31. The summed E-state index contributed by atoms with van der Waals surface area (Å²) in [7, 11) is 0. The van der Waals surface area contributed by atoms with E-state index in [1.807, 2.05) is 0 Å². The number of hydrogen-bond donors (Lipinski definition) is 1. The number of carbonyl (C=O) groups is 2. The van der Waals surface area contributed by atoms with Crippen molar-refractivity contribution in [2.75, 3.05) is 25.5 Å². The van der Waals surface area contributed by atoms with E-state index in [2.05, 4.69) is 0 Å². The summed E-state index contributed by atoms with van der Waals surface area (Å²) in [5.74, 6) is 0.324. The van der Waals surface area contributed by atoms with E-state index in [1.54, 1.807) is 0 Å². The second-order valence-electron chi connectivity index (χ2n) is 3.85. The Morgan fingerprint density at radius 1 is 1.21 bits per heavy atom. The van der Waals surface area contributed by atoms with E-state index in [4.69, 9.17) is 0 Å². The van der Waals surface area contributed by atoms with Crippen molar-refractivity contribution in [1.82, 2.24) is 4.90 Å². The molecule has 2 saturated heterocycles. The number of carbonyl (C=O) groups excluding carboxylic acids is 2. The van der Waals surface area contributed by atoms with Crippen LogP contribution in [0.2, 0.25) is 0 Å². The minimum atomic E-state index is -0.0620. The van der Waals surface area contributed by atoms with Gasteiger partial charge < -0.3 is 4.90 Å². The van der Waals surface area contributed by atoms with Crippen LogP contribution in [0.15, 0.2) is 0 Å². The normalized spacial score (nSPS) is 24.7. The molecule has 0 aromatic heterocycles. The molecule has 2 rings (SSSR count). The lowest BCUT2D eigenvalue weighted by atomic mass is 10.1. The van der Waals surface area contributed by atoms with Crippen LogP contribution in [0.4, 0.5) is 4.79 Å². The molecule has 5 heteroatoms. The van der Waals surface area contributed by atoms with Gasteiger partial charge in [0, 0.05) is 0 Å². The lowest BCUT2D eigenvalue weighted by Gasteiger charge is -2.26. The number of nitrogens with one attached hydrogen (secondary N) is 1. The fourth-order valence-electron chi connectivity index (χ4n) is 1.97. The molecule has 0 unspecified atom stereocenters. The molecule has 0 aliphatic carbocycles. The monoisotopic (exact) mass is 215 g/mol. The van der Waals surface area contributed by atoms with E-state index in [9.17, 15) is 9.59 Å². The number of hydrogen-bond acceptors (Lipinski definition) is 3. The number of likely N-dealkylation sites (tertiary alicyclic amines) is 1. The van der Waals surface area contributed by atoms with E-state index in [1.165, 1.54) is 29.1 Å². The first-order valence-electron chi connectivity index (χ1n) is 5.08. The summed E-state index contributed by atoms with van der Waals surface area (Å²) in [6, 6.07) is 0. The number of nitrogens with zero attached hydrogens (tertiary/aromatic N) is 1. The zero-order valence-corrected chi connectivity index (χ0v) is 8.94. The summed E-state index contributed by atoms with van der Waals surface area (Å²) in [4.78, 5) is 25.4.